The van der Waals surface area contributed by atoms with Gasteiger partial charge in [0, 0.05) is 30.2 Å². The normalized spacial score (nSPS) is 11.2. The van der Waals surface area contributed by atoms with Gasteiger partial charge in [-0.05, 0) is 23.8 Å². The Kier molecular flexibility index (Phi) is 6.50. The van der Waals surface area contributed by atoms with Crippen molar-refractivity contribution < 1.29 is 4.74 Å². The Bertz CT molecular complexity index is 353. The molecule has 0 unspecified atom stereocenters. The number of hydrogen-bond acceptors (Lipinski definition) is 2. The van der Waals surface area contributed by atoms with Gasteiger partial charge in [0.2, 0.25) is 0 Å². The monoisotopic (exact) mass is 259 g/mol. The smallest absolute Gasteiger partial charge is 0.0587 e. The topological polar surface area (TPSA) is 21.3 Å². The lowest BCUT2D eigenvalue weighted by Crippen LogP contribution is -2.18. The van der Waals surface area contributed by atoms with E-state index in [2.05, 4.69) is 5.32 Å². The fourth-order valence-electron chi connectivity index (χ4n) is 1.19. The van der Waals surface area contributed by atoms with Crippen molar-refractivity contribution >= 4 is 29.3 Å². The van der Waals surface area contributed by atoms with Crippen LogP contribution in [0.1, 0.15) is 5.56 Å². The third kappa shape index (κ3) is 4.99. The molecule has 0 heterocycles. The lowest BCUT2D eigenvalue weighted by atomic mass is 10.2. The Morgan fingerprint density at radius 2 is 2.19 bits per heavy atom. The van der Waals surface area contributed by atoms with Gasteiger partial charge >= 0.3 is 0 Å². The first-order chi connectivity index (χ1) is 7.74. The van der Waals surface area contributed by atoms with E-state index in [0.717, 1.165) is 18.7 Å². The highest BCUT2D eigenvalue weighted by molar-refractivity contribution is 6.34. The number of nitrogens with one attached hydrogen (secondary N) is 1. The maximum Gasteiger partial charge on any atom is 0.0587 e. The van der Waals surface area contributed by atoms with Crippen molar-refractivity contribution in [2.45, 2.75) is 0 Å². The molecule has 1 N–H and O–H groups in total. The maximum atomic E-state index is 6.01. The molecule has 1 rings (SSSR count). The number of benzene rings is 1. The summed E-state index contributed by atoms with van der Waals surface area (Å²) in [5.41, 5.74) is 0.933. The second-order valence-corrected chi connectivity index (χ2v) is 4.11. The molecule has 88 valence electrons. The van der Waals surface area contributed by atoms with Crippen LogP contribution in [0, 0.1) is 0 Å². The zero-order valence-electron chi connectivity index (χ0n) is 9.17. The van der Waals surface area contributed by atoms with Crippen LogP contribution < -0.4 is 5.32 Å². The highest BCUT2D eigenvalue weighted by Gasteiger charge is 1.96. The first kappa shape index (κ1) is 13.5. The van der Waals surface area contributed by atoms with Gasteiger partial charge in [-0.3, -0.25) is 0 Å². The summed E-state index contributed by atoms with van der Waals surface area (Å²) in [6.07, 6.45) is 3.96. The van der Waals surface area contributed by atoms with Crippen molar-refractivity contribution in [2.75, 3.05) is 26.8 Å². The third-order valence-electron chi connectivity index (χ3n) is 2.00. The molecular weight excluding hydrogens is 245 g/mol. The van der Waals surface area contributed by atoms with Crippen LogP contribution in [0.2, 0.25) is 10.0 Å². The number of halogens is 2. The summed E-state index contributed by atoms with van der Waals surface area (Å²) in [6.45, 7) is 2.34. The van der Waals surface area contributed by atoms with Crippen LogP contribution in [0.5, 0.6) is 0 Å². The van der Waals surface area contributed by atoms with E-state index in [1.54, 1.807) is 19.2 Å². The molecule has 2 nitrogen and oxygen atoms in total. The lowest BCUT2D eigenvalue weighted by molar-refractivity contribution is 0.200. The van der Waals surface area contributed by atoms with E-state index in [1.165, 1.54) is 0 Å². The van der Waals surface area contributed by atoms with E-state index < -0.39 is 0 Å². The van der Waals surface area contributed by atoms with Crippen molar-refractivity contribution in [1.29, 1.82) is 0 Å². The molecule has 0 aromatic heterocycles. The summed E-state index contributed by atoms with van der Waals surface area (Å²) >= 11 is 11.9. The molecule has 16 heavy (non-hydrogen) atoms. The molecule has 0 spiro atoms. The van der Waals surface area contributed by atoms with Gasteiger partial charge in [0.05, 0.1) is 6.61 Å². The number of hydrogen-bond donors (Lipinski definition) is 1. The second kappa shape index (κ2) is 7.69. The van der Waals surface area contributed by atoms with Crippen molar-refractivity contribution in [3.8, 4) is 0 Å². The van der Waals surface area contributed by atoms with Gasteiger partial charge in [0.25, 0.3) is 0 Å². The van der Waals surface area contributed by atoms with Crippen LogP contribution in [0.3, 0.4) is 0 Å². The minimum atomic E-state index is 0.691. The first-order valence-corrected chi connectivity index (χ1v) is 5.81. The zero-order chi connectivity index (χ0) is 11.8. The maximum absolute atomic E-state index is 6.01. The van der Waals surface area contributed by atoms with Crippen LogP contribution in [0.25, 0.3) is 6.08 Å². The second-order valence-electron chi connectivity index (χ2n) is 3.27. The summed E-state index contributed by atoms with van der Waals surface area (Å²) in [7, 11) is 1.68. The predicted molar refractivity (Wildman–Crippen MR) is 70.2 cm³/mol. The minimum absolute atomic E-state index is 0.691. The van der Waals surface area contributed by atoms with E-state index in [9.17, 15) is 0 Å². The minimum Gasteiger partial charge on any atom is -0.383 e. The Labute approximate surface area is 106 Å². The van der Waals surface area contributed by atoms with Gasteiger partial charge in [0.1, 0.15) is 0 Å². The summed E-state index contributed by atoms with van der Waals surface area (Å²) in [5, 5.41) is 4.60. The van der Waals surface area contributed by atoms with E-state index >= 15 is 0 Å². The SMILES string of the molecule is COCCNC/C=C/c1cc(Cl)ccc1Cl. The molecule has 0 aliphatic carbocycles. The predicted octanol–water partition coefficient (Wildman–Crippen LogP) is 3.24. The number of methoxy groups -OCH3 is 1. The van der Waals surface area contributed by atoms with Gasteiger partial charge < -0.3 is 10.1 Å². The molecule has 0 amide bonds. The van der Waals surface area contributed by atoms with E-state index in [0.29, 0.717) is 16.7 Å². The Balaban J connectivity index is 2.40. The fourth-order valence-corrected chi connectivity index (χ4v) is 1.55. The Morgan fingerprint density at radius 1 is 1.38 bits per heavy atom. The van der Waals surface area contributed by atoms with Gasteiger partial charge in [-0.2, -0.15) is 0 Å². The molecule has 0 aliphatic rings. The largest absolute Gasteiger partial charge is 0.383 e. The molecule has 0 atom stereocenters. The molecule has 0 radical (unpaired) electrons. The molecule has 0 fully saturated rings. The van der Waals surface area contributed by atoms with Crippen LogP contribution in [0.4, 0.5) is 0 Å². The summed E-state index contributed by atoms with van der Waals surface area (Å²) in [6, 6.07) is 5.41. The van der Waals surface area contributed by atoms with Crippen molar-refractivity contribution in [3.63, 3.8) is 0 Å². The summed E-state index contributed by atoms with van der Waals surface area (Å²) < 4.78 is 4.92. The van der Waals surface area contributed by atoms with Crippen LogP contribution in [-0.4, -0.2) is 26.8 Å². The van der Waals surface area contributed by atoms with Crippen molar-refractivity contribution in [2.24, 2.45) is 0 Å². The zero-order valence-corrected chi connectivity index (χ0v) is 10.7. The van der Waals surface area contributed by atoms with Crippen LogP contribution in [0.15, 0.2) is 24.3 Å². The Morgan fingerprint density at radius 3 is 2.94 bits per heavy atom. The average molecular weight is 260 g/mol. The Hall–Kier alpha value is -0.540. The first-order valence-electron chi connectivity index (χ1n) is 5.05. The molecule has 0 bridgehead atoms. The highest BCUT2D eigenvalue weighted by atomic mass is 35.5. The molecule has 0 saturated heterocycles. The van der Waals surface area contributed by atoms with Gasteiger partial charge in [-0.1, -0.05) is 35.4 Å². The van der Waals surface area contributed by atoms with Crippen LogP contribution in [-0.2, 0) is 4.74 Å². The molecule has 0 aliphatic heterocycles. The standard InChI is InChI=1S/C12H15Cl2NO/c1-16-8-7-15-6-2-3-10-9-11(13)4-5-12(10)14/h2-5,9,15H,6-8H2,1H3/b3-2+. The van der Waals surface area contributed by atoms with E-state index in [1.807, 2.05) is 18.2 Å². The molecule has 0 saturated carbocycles. The summed E-state index contributed by atoms with van der Waals surface area (Å²) in [4.78, 5) is 0. The van der Waals surface area contributed by atoms with E-state index in [-0.39, 0.29) is 0 Å². The van der Waals surface area contributed by atoms with Gasteiger partial charge in [-0.25, -0.2) is 0 Å². The average Bonchev–Trinajstić information content (AvgIpc) is 2.28. The summed E-state index contributed by atoms with van der Waals surface area (Å²) in [5.74, 6) is 0. The number of ether oxygens (including phenoxy) is 1. The fraction of sp³-hybridized carbons (Fsp3) is 0.333. The molecule has 1 aromatic rings. The molecule has 1 aromatic carbocycles. The molecule has 4 heteroatoms. The third-order valence-corrected chi connectivity index (χ3v) is 2.58. The van der Waals surface area contributed by atoms with Crippen LogP contribution >= 0.6 is 23.2 Å². The van der Waals surface area contributed by atoms with Crippen molar-refractivity contribution in [1.82, 2.24) is 5.32 Å². The van der Waals surface area contributed by atoms with Gasteiger partial charge in [-0.15, -0.1) is 0 Å². The lowest BCUT2D eigenvalue weighted by Gasteiger charge is -2.00. The van der Waals surface area contributed by atoms with Gasteiger partial charge in [0.15, 0.2) is 0 Å². The van der Waals surface area contributed by atoms with E-state index in [4.69, 9.17) is 27.9 Å². The quantitative estimate of drug-likeness (QED) is 0.793. The highest BCUT2D eigenvalue weighted by Crippen LogP contribution is 2.21. The number of rotatable bonds is 6. The van der Waals surface area contributed by atoms with Crippen molar-refractivity contribution in [3.05, 3.63) is 39.9 Å². The molecular formula is C12H15Cl2NO.